The van der Waals surface area contributed by atoms with E-state index in [-0.39, 0.29) is 30.6 Å². The van der Waals surface area contributed by atoms with Crippen LogP contribution in [-0.4, -0.2) is 24.5 Å². The topological polar surface area (TPSA) is 67.4 Å². The monoisotopic (exact) mass is 368 g/mol. The molecule has 0 spiro atoms. The molecule has 1 amide bonds. The van der Waals surface area contributed by atoms with Crippen molar-refractivity contribution in [2.75, 3.05) is 11.9 Å². The third-order valence-corrected chi connectivity index (χ3v) is 4.05. The summed E-state index contributed by atoms with van der Waals surface area (Å²) in [5.74, 6) is -0.146. The molecule has 27 heavy (non-hydrogen) atoms. The van der Waals surface area contributed by atoms with Crippen molar-refractivity contribution in [2.45, 2.75) is 39.8 Å². The summed E-state index contributed by atoms with van der Waals surface area (Å²) in [4.78, 5) is 24.1. The van der Waals surface area contributed by atoms with Gasteiger partial charge in [-0.05, 0) is 49.6 Å². The van der Waals surface area contributed by atoms with Gasteiger partial charge in [-0.2, -0.15) is 0 Å². The summed E-state index contributed by atoms with van der Waals surface area (Å²) < 4.78 is 5.15. The number of nitrogens with one attached hydrogen (secondary N) is 2. The fourth-order valence-corrected chi connectivity index (χ4v) is 2.78. The van der Waals surface area contributed by atoms with Crippen LogP contribution in [0.4, 0.5) is 5.69 Å². The van der Waals surface area contributed by atoms with Crippen LogP contribution in [0, 0.1) is 5.92 Å². The molecular weight excluding hydrogens is 340 g/mol. The molecule has 0 aliphatic heterocycles. The highest BCUT2D eigenvalue weighted by atomic mass is 16.5. The van der Waals surface area contributed by atoms with Crippen LogP contribution in [0.3, 0.4) is 0 Å². The van der Waals surface area contributed by atoms with Gasteiger partial charge in [0.25, 0.3) is 0 Å². The van der Waals surface area contributed by atoms with Crippen molar-refractivity contribution in [1.82, 2.24) is 5.32 Å². The standard InChI is InChI=1S/C22H28N2O3/c1-15(2)21(17-8-6-5-7-9-17)23-14-20(25)24-19-12-10-18(11-13-19)22(26)27-16(3)4/h5-13,15-16,21,23H,14H2,1-4H3,(H,24,25)/t21-/m1/s1. The highest BCUT2D eigenvalue weighted by molar-refractivity contribution is 5.94. The van der Waals surface area contributed by atoms with Crippen LogP contribution in [0.15, 0.2) is 54.6 Å². The number of anilines is 1. The lowest BCUT2D eigenvalue weighted by Crippen LogP contribution is -2.33. The van der Waals surface area contributed by atoms with Gasteiger partial charge in [-0.3, -0.25) is 4.79 Å². The van der Waals surface area contributed by atoms with E-state index >= 15 is 0 Å². The zero-order chi connectivity index (χ0) is 19.8. The first kappa shape index (κ1) is 20.6. The van der Waals surface area contributed by atoms with E-state index in [9.17, 15) is 9.59 Å². The summed E-state index contributed by atoms with van der Waals surface area (Å²) in [6, 6.07) is 16.9. The Morgan fingerprint density at radius 2 is 1.56 bits per heavy atom. The number of esters is 1. The van der Waals surface area contributed by atoms with Crippen LogP contribution in [0.2, 0.25) is 0 Å². The largest absolute Gasteiger partial charge is 0.459 e. The predicted octanol–water partition coefficient (Wildman–Crippen LogP) is 4.18. The maximum Gasteiger partial charge on any atom is 0.338 e. The van der Waals surface area contributed by atoms with Crippen molar-refractivity contribution < 1.29 is 14.3 Å². The van der Waals surface area contributed by atoms with E-state index in [0.717, 1.165) is 5.56 Å². The minimum absolute atomic E-state index is 0.102. The molecule has 144 valence electrons. The Morgan fingerprint density at radius 3 is 2.11 bits per heavy atom. The molecule has 0 aromatic heterocycles. The van der Waals surface area contributed by atoms with E-state index in [1.807, 2.05) is 18.2 Å². The van der Waals surface area contributed by atoms with E-state index in [4.69, 9.17) is 4.74 Å². The molecule has 0 bridgehead atoms. The Labute approximate surface area is 161 Å². The molecule has 0 unspecified atom stereocenters. The van der Waals surface area contributed by atoms with Gasteiger partial charge in [-0.1, -0.05) is 44.2 Å². The lowest BCUT2D eigenvalue weighted by atomic mass is 9.96. The molecule has 0 aliphatic carbocycles. The second-order valence-electron chi connectivity index (χ2n) is 7.09. The van der Waals surface area contributed by atoms with Gasteiger partial charge < -0.3 is 15.4 Å². The van der Waals surface area contributed by atoms with Gasteiger partial charge in [0, 0.05) is 11.7 Å². The maximum atomic E-state index is 12.3. The van der Waals surface area contributed by atoms with Crippen LogP contribution >= 0.6 is 0 Å². The number of rotatable bonds is 8. The van der Waals surface area contributed by atoms with Gasteiger partial charge in [-0.15, -0.1) is 0 Å². The van der Waals surface area contributed by atoms with Crippen LogP contribution in [0.1, 0.15) is 49.7 Å². The smallest absolute Gasteiger partial charge is 0.338 e. The molecule has 5 nitrogen and oxygen atoms in total. The highest BCUT2D eigenvalue weighted by Crippen LogP contribution is 2.21. The average Bonchev–Trinajstić information content (AvgIpc) is 2.62. The Bertz CT molecular complexity index is 740. The number of hydrogen-bond acceptors (Lipinski definition) is 4. The highest BCUT2D eigenvalue weighted by Gasteiger charge is 2.16. The first-order chi connectivity index (χ1) is 12.9. The molecule has 2 aromatic rings. The summed E-state index contributed by atoms with van der Waals surface area (Å²) in [6.45, 7) is 8.06. The normalized spacial score (nSPS) is 12.1. The summed E-state index contributed by atoms with van der Waals surface area (Å²) in [6.07, 6.45) is -0.165. The summed E-state index contributed by atoms with van der Waals surface area (Å²) in [5, 5.41) is 6.16. The average molecular weight is 368 g/mol. The molecule has 0 radical (unpaired) electrons. The number of amides is 1. The van der Waals surface area contributed by atoms with Gasteiger partial charge in [-0.25, -0.2) is 4.79 Å². The predicted molar refractivity (Wildman–Crippen MR) is 108 cm³/mol. The fraction of sp³-hybridized carbons (Fsp3) is 0.364. The fourth-order valence-electron chi connectivity index (χ4n) is 2.78. The lowest BCUT2D eigenvalue weighted by molar-refractivity contribution is -0.115. The third kappa shape index (κ3) is 6.53. The van der Waals surface area contributed by atoms with Crippen LogP contribution in [-0.2, 0) is 9.53 Å². The van der Waals surface area contributed by atoms with Crippen molar-refractivity contribution in [3.05, 3.63) is 65.7 Å². The third-order valence-electron chi connectivity index (χ3n) is 4.05. The SMILES string of the molecule is CC(C)OC(=O)c1ccc(NC(=O)CN[C@@H](c2ccccc2)C(C)C)cc1. The lowest BCUT2D eigenvalue weighted by Gasteiger charge is -2.22. The van der Waals surface area contributed by atoms with Crippen molar-refractivity contribution in [3.8, 4) is 0 Å². The van der Waals surface area contributed by atoms with E-state index in [2.05, 4.69) is 36.6 Å². The van der Waals surface area contributed by atoms with Crippen molar-refractivity contribution in [3.63, 3.8) is 0 Å². The second-order valence-corrected chi connectivity index (χ2v) is 7.09. The van der Waals surface area contributed by atoms with Gasteiger partial charge in [0.15, 0.2) is 0 Å². The Balaban J connectivity index is 1.90. The zero-order valence-electron chi connectivity index (χ0n) is 16.4. The molecule has 0 saturated carbocycles. The molecule has 0 aliphatic rings. The second kappa shape index (κ2) is 9.88. The number of carbonyl (C=O) groups excluding carboxylic acids is 2. The number of carbonyl (C=O) groups is 2. The van der Waals surface area contributed by atoms with E-state index in [1.165, 1.54) is 0 Å². The molecule has 0 fully saturated rings. The van der Waals surface area contributed by atoms with E-state index in [1.54, 1.807) is 38.1 Å². The molecule has 2 rings (SSSR count). The van der Waals surface area contributed by atoms with E-state index < -0.39 is 0 Å². The van der Waals surface area contributed by atoms with Gasteiger partial charge in [0.05, 0.1) is 18.2 Å². The molecule has 2 aromatic carbocycles. The molecule has 0 saturated heterocycles. The van der Waals surface area contributed by atoms with Gasteiger partial charge in [0.2, 0.25) is 5.91 Å². The van der Waals surface area contributed by atoms with Crippen LogP contribution in [0.25, 0.3) is 0 Å². The molecule has 0 heterocycles. The van der Waals surface area contributed by atoms with Gasteiger partial charge in [0.1, 0.15) is 0 Å². The molecule has 2 N–H and O–H groups in total. The van der Waals surface area contributed by atoms with Crippen LogP contribution < -0.4 is 10.6 Å². The Kier molecular flexibility index (Phi) is 7.55. The Morgan fingerprint density at radius 1 is 0.926 bits per heavy atom. The van der Waals surface area contributed by atoms with Crippen molar-refractivity contribution in [1.29, 1.82) is 0 Å². The molecular formula is C22H28N2O3. The first-order valence-electron chi connectivity index (χ1n) is 9.26. The summed E-state index contributed by atoms with van der Waals surface area (Å²) in [5.41, 5.74) is 2.26. The van der Waals surface area contributed by atoms with Gasteiger partial charge >= 0.3 is 5.97 Å². The van der Waals surface area contributed by atoms with Crippen molar-refractivity contribution in [2.24, 2.45) is 5.92 Å². The quantitative estimate of drug-likeness (QED) is 0.686. The number of hydrogen-bond donors (Lipinski definition) is 2. The van der Waals surface area contributed by atoms with Crippen molar-refractivity contribution >= 4 is 17.6 Å². The number of benzene rings is 2. The minimum Gasteiger partial charge on any atom is -0.459 e. The zero-order valence-corrected chi connectivity index (χ0v) is 16.4. The minimum atomic E-state index is -0.368. The Hall–Kier alpha value is -2.66. The molecule has 1 atom stereocenters. The first-order valence-corrected chi connectivity index (χ1v) is 9.26. The summed E-state index contributed by atoms with van der Waals surface area (Å²) in [7, 11) is 0. The maximum absolute atomic E-state index is 12.3. The molecule has 5 heteroatoms. The summed E-state index contributed by atoms with van der Waals surface area (Å²) >= 11 is 0. The van der Waals surface area contributed by atoms with Crippen LogP contribution in [0.5, 0.6) is 0 Å². The van der Waals surface area contributed by atoms with E-state index in [0.29, 0.717) is 17.2 Å². The number of ether oxygens (including phenoxy) is 1.